The van der Waals surface area contributed by atoms with Crippen molar-refractivity contribution in [2.45, 2.75) is 0 Å². The molecule has 2 heterocycles. The van der Waals surface area contributed by atoms with E-state index < -0.39 is 0 Å². The Morgan fingerprint density at radius 3 is 1.91 bits per heavy atom. The van der Waals surface area contributed by atoms with Gasteiger partial charge in [-0.25, -0.2) is 0 Å². The summed E-state index contributed by atoms with van der Waals surface area (Å²) in [7, 11) is 0. The van der Waals surface area contributed by atoms with Crippen molar-refractivity contribution < 1.29 is 4.42 Å². The van der Waals surface area contributed by atoms with Gasteiger partial charge in [0.25, 0.3) is 0 Å². The molecule has 1 aliphatic rings. The van der Waals surface area contributed by atoms with E-state index in [9.17, 15) is 0 Å². The number of hydrogen-bond acceptors (Lipinski definition) is 3. The van der Waals surface area contributed by atoms with Gasteiger partial charge in [-0.15, -0.1) is 0 Å². The number of anilines is 4. The fourth-order valence-electron chi connectivity index (χ4n) is 6.75. The van der Waals surface area contributed by atoms with Gasteiger partial charge in [-0.05, 0) is 98.4 Å². The second-order valence-electron chi connectivity index (χ2n) is 11.8. The maximum atomic E-state index is 6.15. The fraction of sp³-hybridized carbons (Fsp3) is 0.0233. The van der Waals surface area contributed by atoms with Crippen molar-refractivity contribution in [1.82, 2.24) is 0 Å². The van der Waals surface area contributed by atoms with Gasteiger partial charge in [0.1, 0.15) is 5.58 Å². The Morgan fingerprint density at radius 1 is 0.478 bits per heavy atom. The van der Waals surface area contributed by atoms with Crippen molar-refractivity contribution in [1.29, 1.82) is 0 Å². The maximum Gasteiger partial charge on any atom is 0.151 e. The number of benzene rings is 7. The molecule has 0 amide bonds. The maximum absolute atomic E-state index is 6.15. The lowest BCUT2D eigenvalue weighted by molar-refractivity contribution is 0.604. The van der Waals surface area contributed by atoms with E-state index in [0.717, 1.165) is 46.0 Å². The predicted molar refractivity (Wildman–Crippen MR) is 194 cm³/mol. The minimum atomic E-state index is 0.795. The first-order chi connectivity index (χ1) is 22.8. The van der Waals surface area contributed by atoms with Crippen molar-refractivity contribution in [2.75, 3.05) is 16.8 Å². The van der Waals surface area contributed by atoms with E-state index in [-0.39, 0.29) is 0 Å². The predicted octanol–water partition coefficient (Wildman–Crippen LogP) is 12.0. The molecular formula is C43H30N2O. The lowest BCUT2D eigenvalue weighted by Gasteiger charge is -2.26. The van der Waals surface area contributed by atoms with E-state index in [1.807, 2.05) is 0 Å². The zero-order chi connectivity index (χ0) is 30.5. The van der Waals surface area contributed by atoms with E-state index in [0.29, 0.717) is 0 Å². The van der Waals surface area contributed by atoms with Crippen molar-refractivity contribution in [3.8, 4) is 22.3 Å². The van der Waals surface area contributed by atoms with Crippen LogP contribution in [0.1, 0.15) is 5.76 Å². The largest absolute Gasteiger partial charge is 0.454 e. The van der Waals surface area contributed by atoms with E-state index in [1.165, 1.54) is 43.8 Å². The third-order valence-corrected chi connectivity index (χ3v) is 9.06. The molecule has 46 heavy (non-hydrogen) atoms. The number of nitrogens with zero attached hydrogens (tertiary/aromatic N) is 1. The molecule has 1 N–H and O–H groups in total. The smallest absolute Gasteiger partial charge is 0.151 e. The lowest BCUT2D eigenvalue weighted by Crippen LogP contribution is -2.10. The summed E-state index contributed by atoms with van der Waals surface area (Å²) in [5.41, 5.74) is 9.99. The summed E-state index contributed by atoms with van der Waals surface area (Å²) in [5.74, 6) is 0.880. The first-order valence-corrected chi connectivity index (χ1v) is 15.7. The minimum Gasteiger partial charge on any atom is -0.454 e. The summed E-state index contributed by atoms with van der Waals surface area (Å²) in [6, 6.07) is 54.5. The Hall–Kier alpha value is -6.06. The topological polar surface area (TPSA) is 28.4 Å². The second-order valence-corrected chi connectivity index (χ2v) is 11.8. The van der Waals surface area contributed by atoms with E-state index in [4.69, 9.17) is 4.42 Å². The summed E-state index contributed by atoms with van der Waals surface area (Å²) in [6.07, 6.45) is 4.14. The van der Waals surface area contributed by atoms with Crippen molar-refractivity contribution in [3.63, 3.8) is 0 Å². The van der Waals surface area contributed by atoms with Crippen LogP contribution < -0.4 is 10.2 Å². The quantitative estimate of drug-likeness (QED) is 0.202. The van der Waals surface area contributed by atoms with Crippen molar-refractivity contribution in [2.24, 2.45) is 0 Å². The Labute approximate surface area is 267 Å². The van der Waals surface area contributed by atoms with Crippen LogP contribution in [-0.2, 0) is 0 Å². The van der Waals surface area contributed by atoms with Crippen LogP contribution in [0.3, 0.4) is 0 Å². The van der Waals surface area contributed by atoms with Gasteiger partial charge in [0.05, 0.1) is 5.69 Å². The second kappa shape index (κ2) is 10.8. The van der Waals surface area contributed by atoms with Crippen LogP contribution in [0.5, 0.6) is 0 Å². The van der Waals surface area contributed by atoms with Gasteiger partial charge in [0.2, 0.25) is 0 Å². The normalized spacial score (nSPS) is 12.3. The van der Waals surface area contributed by atoms with Gasteiger partial charge in [-0.2, -0.15) is 0 Å². The van der Waals surface area contributed by atoms with Crippen molar-refractivity contribution >= 4 is 61.3 Å². The van der Waals surface area contributed by atoms with Gasteiger partial charge in [0, 0.05) is 29.0 Å². The third-order valence-electron chi connectivity index (χ3n) is 9.06. The summed E-state index contributed by atoms with van der Waals surface area (Å²) >= 11 is 0. The zero-order valence-corrected chi connectivity index (χ0v) is 25.2. The highest BCUT2D eigenvalue weighted by molar-refractivity contribution is 6.08. The molecule has 1 aromatic heterocycles. The van der Waals surface area contributed by atoms with Gasteiger partial charge >= 0.3 is 0 Å². The van der Waals surface area contributed by atoms with Gasteiger partial charge in [-0.3, -0.25) is 0 Å². The molecule has 218 valence electrons. The molecule has 7 aromatic carbocycles. The Morgan fingerprint density at radius 2 is 1.11 bits per heavy atom. The van der Waals surface area contributed by atoms with Gasteiger partial charge in [-0.1, -0.05) is 109 Å². The van der Waals surface area contributed by atoms with Crippen LogP contribution in [0.4, 0.5) is 22.7 Å². The molecule has 0 spiro atoms. The van der Waals surface area contributed by atoms with Crippen LogP contribution in [0.25, 0.3) is 60.8 Å². The molecule has 0 aliphatic carbocycles. The molecule has 0 saturated heterocycles. The van der Waals surface area contributed by atoms with E-state index >= 15 is 0 Å². The molecule has 8 aromatic rings. The molecule has 0 saturated carbocycles. The average molecular weight is 591 g/mol. The van der Waals surface area contributed by atoms with Crippen molar-refractivity contribution in [3.05, 3.63) is 163 Å². The van der Waals surface area contributed by atoms with Crippen LogP contribution in [-0.4, -0.2) is 6.54 Å². The number of fused-ring (bicyclic) bond motifs is 6. The standard InChI is InChI=1S/C43H30N2O/c1-2-7-29(8-3-1)30-14-19-35(20-15-30)45(37-23-25-41-40(28-37)43-42(46-41)11-6-26-44-43)36-21-16-31(17-22-36)33-18-24-39-34(27-33)13-12-32-9-4-5-10-38(32)39/h1-25,27-28,44H,26H2. The Bertz CT molecular complexity index is 2400. The molecule has 3 heteroatoms. The molecule has 1 aliphatic heterocycles. The molecule has 0 unspecified atom stereocenters. The van der Waals surface area contributed by atoms with E-state index in [2.05, 4.69) is 174 Å². The molecular weight excluding hydrogens is 560 g/mol. The van der Waals surface area contributed by atoms with Crippen LogP contribution in [0.15, 0.2) is 162 Å². The Kier molecular flexibility index (Phi) is 6.20. The van der Waals surface area contributed by atoms with E-state index in [1.54, 1.807) is 0 Å². The van der Waals surface area contributed by atoms with Crippen LogP contribution in [0, 0.1) is 0 Å². The monoisotopic (exact) mass is 590 g/mol. The minimum absolute atomic E-state index is 0.795. The molecule has 0 bridgehead atoms. The Balaban J connectivity index is 1.13. The first-order valence-electron chi connectivity index (χ1n) is 15.7. The van der Waals surface area contributed by atoms with Crippen LogP contribution >= 0.6 is 0 Å². The third kappa shape index (κ3) is 4.53. The summed E-state index contributed by atoms with van der Waals surface area (Å²) in [4.78, 5) is 2.32. The number of hydrogen-bond donors (Lipinski definition) is 1. The van der Waals surface area contributed by atoms with Crippen LogP contribution in [0.2, 0.25) is 0 Å². The molecule has 0 fully saturated rings. The summed E-state index contributed by atoms with van der Waals surface area (Å²) in [6.45, 7) is 0.795. The van der Waals surface area contributed by atoms with Gasteiger partial charge in [0.15, 0.2) is 5.76 Å². The fourth-order valence-corrected chi connectivity index (χ4v) is 6.75. The summed E-state index contributed by atoms with van der Waals surface area (Å²) in [5, 5.41) is 9.68. The highest BCUT2D eigenvalue weighted by Gasteiger charge is 2.19. The molecule has 9 rings (SSSR count). The highest BCUT2D eigenvalue weighted by Crippen LogP contribution is 2.41. The summed E-state index contributed by atoms with van der Waals surface area (Å²) < 4.78 is 6.15. The number of furan rings is 1. The molecule has 3 nitrogen and oxygen atoms in total. The molecule has 0 atom stereocenters. The lowest BCUT2D eigenvalue weighted by atomic mass is 9.97. The number of nitrogens with one attached hydrogen (secondary N) is 1. The van der Waals surface area contributed by atoms with Gasteiger partial charge < -0.3 is 14.6 Å². The zero-order valence-electron chi connectivity index (χ0n) is 25.2. The SMILES string of the molecule is C1=Cc2oc3ccc(N(c4ccc(-c5ccccc5)cc4)c4ccc(-c5ccc6c(ccc7ccccc76)c5)cc4)cc3c2NC1. The number of rotatable bonds is 5. The first kappa shape index (κ1) is 26.4. The average Bonchev–Trinajstić information content (AvgIpc) is 3.50. The molecule has 0 radical (unpaired) electrons. The highest BCUT2D eigenvalue weighted by atomic mass is 16.3.